The molecule has 0 fully saturated rings. The second-order valence-electron chi connectivity index (χ2n) is 3.67. The number of benzene rings is 1. The van der Waals surface area contributed by atoms with Gasteiger partial charge < -0.3 is 4.74 Å². The lowest BCUT2D eigenvalue weighted by Crippen LogP contribution is -1.93. The first-order chi connectivity index (χ1) is 7.81. The maximum atomic E-state index is 5.20. The summed E-state index contributed by atoms with van der Waals surface area (Å²) in [5.74, 6) is 0. The van der Waals surface area contributed by atoms with E-state index in [-0.39, 0.29) is 0 Å². The first kappa shape index (κ1) is 9.15. The van der Waals surface area contributed by atoms with Crippen molar-refractivity contribution in [1.82, 2.24) is 14.5 Å². The third-order valence-corrected chi connectivity index (χ3v) is 2.76. The van der Waals surface area contributed by atoms with Gasteiger partial charge in [-0.1, -0.05) is 12.1 Å². The Bertz CT molecular complexity index is 672. The molecule has 80 valence electrons. The predicted molar refractivity (Wildman–Crippen MR) is 62.6 cm³/mol. The minimum atomic E-state index is 0.605. The molecule has 0 spiro atoms. The first-order valence-corrected chi connectivity index (χ1v) is 5.05. The van der Waals surface area contributed by atoms with E-state index in [1.807, 2.05) is 35.9 Å². The fourth-order valence-corrected chi connectivity index (χ4v) is 1.96. The van der Waals surface area contributed by atoms with Crippen LogP contribution in [0.5, 0.6) is 6.01 Å². The zero-order valence-electron chi connectivity index (χ0n) is 9.14. The van der Waals surface area contributed by atoms with Crippen molar-refractivity contribution >= 4 is 21.9 Å². The van der Waals surface area contributed by atoms with Gasteiger partial charge in [-0.2, -0.15) is 4.98 Å². The molecule has 0 unspecified atom stereocenters. The Morgan fingerprint density at radius 2 is 2.06 bits per heavy atom. The topological polar surface area (TPSA) is 39.9 Å². The van der Waals surface area contributed by atoms with Crippen molar-refractivity contribution in [3.05, 3.63) is 30.5 Å². The summed E-state index contributed by atoms with van der Waals surface area (Å²) in [7, 11) is 3.56. The summed E-state index contributed by atoms with van der Waals surface area (Å²) in [5.41, 5.74) is 2.83. The molecule has 0 aliphatic carbocycles. The van der Waals surface area contributed by atoms with Crippen LogP contribution in [0.1, 0.15) is 0 Å². The van der Waals surface area contributed by atoms with Crippen LogP contribution in [-0.4, -0.2) is 21.6 Å². The van der Waals surface area contributed by atoms with Crippen LogP contribution in [0.3, 0.4) is 0 Å². The number of aromatic nitrogens is 3. The molecular formula is C12H11N3O. The molecule has 0 aliphatic heterocycles. The quantitative estimate of drug-likeness (QED) is 0.621. The van der Waals surface area contributed by atoms with Crippen molar-refractivity contribution in [3.63, 3.8) is 0 Å². The molecule has 0 N–H and O–H groups in total. The monoisotopic (exact) mass is 213 g/mol. The lowest BCUT2D eigenvalue weighted by Gasteiger charge is -1.99. The number of nitrogens with zero attached hydrogens (tertiary/aromatic N) is 3. The third kappa shape index (κ3) is 1.10. The number of hydrogen-bond acceptors (Lipinski definition) is 3. The molecule has 3 aromatic rings. The Morgan fingerprint density at radius 1 is 1.19 bits per heavy atom. The van der Waals surface area contributed by atoms with E-state index in [1.165, 1.54) is 0 Å². The van der Waals surface area contributed by atoms with Gasteiger partial charge in [-0.05, 0) is 12.1 Å². The number of fused-ring (bicyclic) bond motifs is 3. The summed E-state index contributed by atoms with van der Waals surface area (Å²) >= 11 is 0. The van der Waals surface area contributed by atoms with Crippen LogP contribution < -0.4 is 4.74 Å². The molecule has 0 bridgehead atoms. The highest BCUT2D eigenvalue weighted by Crippen LogP contribution is 2.25. The van der Waals surface area contributed by atoms with E-state index < -0.39 is 0 Å². The Balaban J connectivity index is 2.51. The number of imidazole rings is 1. The van der Waals surface area contributed by atoms with Gasteiger partial charge in [0, 0.05) is 18.6 Å². The number of pyridine rings is 1. The largest absolute Gasteiger partial charge is 0.468 e. The van der Waals surface area contributed by atoms with Gasteiger partial charge in [0.25, 0.3) is 6.01 Å². The number of rotatable bonds is 1. The summed E-state index contributed by atoms with van der Waals surface area (Å²) in [6.45, 7) is 0. The predicted octanol–water partition coefficient (Wildman–Crippen LogP) is 2.13. The van der Waals surface area contributed by atoms with Crippen LogP contribution in [-0.2, 0) is 7.05 Å². The molecule has 16 heavy (non-hydrogen) atoms. The van der Waals surface area contributed by atoms with E-state index in [2.05, 4.69) is 9.97 Å². The van der Waals surface area contributed by atoms with Crippen molar-refractivity contribution in [3.8, 4) is 6.01 Å². The third-order valence-electron chi connectivity index (χ3n) is 2.76. The minimum Gasteiger partial charge on any atom is -0.468 e. The van der Waals surface area contributed by atoms with Gasteiger partial charge in [0.1, 0.15) is 5.52 Å². The zero-order valence-corrected chi connectivity index (χ0v) is 9.14. The Morgan fingerprint density at radius 3 is 2.88 bits per heavy atom. The number of ether oxygens (including phenoxy) is 1. The molecule has 1 aromatic carbocycles. The smallest absolute Gasteiger partial charge is 0.296 e. The Hall–Kier alpha value is -2.10. The van der Waals surface area contributed by atoms with Crippen LogP contribution >= 0.6 is 0 Å². The highest BCUT2D eigenvalue weighted by Gasteiger charge is 2.10. The maximum absolute atomic E-state index is 5.20. The van der Waals surface area contributed by atoms with Gasteiger partial charge in [0.15, 0.2) is 0 Å². The van der Waals surface area contributed by atoms with Crippen LogP contribution in [0.4, 0.5) is 0 Å². The number of hydrogen-bond donors (Lipinski definition) is 0. The normalized spacial score (nSPS) is 11.1. The van der Waals surface area contributed by atoms with E-state index in [0.29, 0.717) is 6.01 Å². The Labute approximate surface area is 92.5 Å². The van der Waals surface area contributed by atoms with E-state index in [9.17, 15) is 0 Å². The lowest BCUT2D eigenvalue weighted by atomic mass is 10.2. The summed E-state index contributed by atoms with van der Waals surface area (Å²) in [5, 5.41) is 1.09. The molecule has 0 aliphatic rings. The summed E-state index contributed by atoms with van der Waals surface area (Å²) in [6, 6.07) is 8.64. The summed E-state index contributed by atoms with van der Waals surface area (Å²) in [4.78, 5) is 8.80. The van der Waals surface area contributed by atoms with E-state index in [1.54, 1.807) is 13.3 Å². The SMILES string of the molecule is COc1nc2c3ncccc3ccc2n1C. The van der Waals surface area contributed by atoms with E-state index >= 15 is 0 Å². The highest BCUT2D eigenvalue weighted by molar-refractivity contribution is 6.01. The minimum absolute atomic E-state index is 0.605. The molecular weight excluding hydrogens is 202 g/mol. The Kier molecular flexibility index (Phi) is 1.83. The lowest BCUT2D eigenvalue weighted by molar-refractivity contribution is 0.368. The van der Waals surface area contributed by atoms with Crippen LogP contribution in [0, 0.1) is 0 Å². The van der Waals surface area contributed by atoms with Gasteiger partial charge in [-0.25, -0.2) is 0 Å². The first-order valence-electron chi connectivity index (χ1n) is 5.05. The van der Waals surface area contributed by atoms with Crippen LogP contribution in [0.25, 0.3) is 21.9 Å². The second kappa shape index (κ2) is 3.20. The standard InChI is InChI=1S/C12H11N3O/c1-15-9-6-5-8-4-3-7-13-10(8)11(9)14-12(15)16-2/h3-7H,1-2H3. The molecule has 0 atom stereocenters. The van der Waals surface area contributed by atoms with Gasteiger partial charge in [0.2, 0.25) is 0 Å². The van der Waals surface area contributed by atoms with Crippen molar-refractivity contribution < 1.29 is 4.74 Å². The molecule has 4 nitrogen and oxygen atoms in total. The van der Waals surface area contributed by atoms with Crippen LogP contribution in [0.2, 0.25) is 0 Å². The fraction of sp³-hybridized carbons (Fsp3) is 0.167. The average Bonchev–Trinajstić information content (AvgIpc) is 2.67. The average molecular weight is 213 g/mol. The molecule has 2 aromatic heterocycles. The molecule has 3 rings (SSSR count). The fourth-order valence-electron chi connectivity index (χ4n) is 1.96. The second-order valence-corrected chi connectivity index (χ2v) is 3.67. The molecule has 0 saturated heterocycles. The summed E-state index contributed by atoms with van der Waals surface area (Å²) < 4.78 is 7.12. The van der Waals surface area contributed by atoms with Crippen molar-refractivity contribution in [2.45, 2.75) is 0 Å². The van der Waals surface area contributed by atoms with Gasteiger partial charge in [-0.15, -0.1) is 0 Å². The van der Waals surface area contributed by atoms with Crippen molar-refractivity contribution in [2.24, 2.45) is 7.05 Å². The molecule has 0 amide bonds. The highest BCUT2D eigenvalue weighted by atomic mass is 16.5. The van der Waals surface area contributed by atoms with E-state index in [0.717, 1.165) is 21.9 Å². The molecule has 4 heteroatoms. The van der Waals surface area contributed by atoms with Gasteiger partial charge >= 0.3 is 0 Å². The maximum Gasteiger partial charge on any atom is 0.296 e. The van der Waals surface area contributed by atoms with Gasteiger partial charge in [-0.3, -0.25) is 9.55 Å². The van der Waals surface area contributed by atoms with Crippen molar-refractivity contribution in [1.29, 1.82) is 0 Å². The van der Waals surface area contributed by atoms with Crippen LogP contribution in [0.15, 0.2) is 30.5 Å². The number of aryl methyl sites for hydroxylation is 1. The molecule has 0 radical (unpaired) electrons. The van der Waals surface area contributed by atoms with Gasteiger partial charge in [0.05, 0.1) is 18.1 Å². The zero-order chi connectivity index (χ0) is 11.1. The van der Waals surface area contributed by atoms with E-state index in [4.69, 9.17) is 4.74 Å². The molecule has 2 heterocycles. The van der Waals surface area contributed by atoms with Crippen molar-refractivity contribution in [2.75, 3.05) is 7.11 Å². The number of methoxy groups -OCH3 is 1. The molecule has 0 saturated carbocycles. The summed E-state index contributed by atoms with van der Waals surface area (Å²) in [6.07, 6.45) is 1.78.